The summed E-state index contributed by atoms with van der Waals surface area (Å²) in [5.41, 5.74) is 9.79. The van der Waals surface area contributed by atoms with Crippen LogP contribution >= 0.6 is 0 Å². The number of aryl methyl sites for hydroxylation is 2. The standard InChI is InChI=1S/C17H27N.C13H19F.C5H10.C3H8O/c1-8-10-11-15(7)18-17(9-2)16(14(5)6)12-13(3)4;1-6-11-7-9(2)8-12(10(11)3)13(4,5)14;1-4-5(2)3;1-2-3-4/h9,12H,2,5,8,10-11H2,1,3-4,6-7H3;7-8H,6H2,1-5H3;2,4H2,1,3H3;4H,2-3H2,1H3/b17-16-,18-15?;;;. The molecule has 0 heterocycles. The van der Waals surface area contributed by atoms with Gasteiger partial charge in [0.05, 0.1) is 5.70 Å². The van der Waals surface area contributed by atoms with Crippen LogP contribution in [0.1, 0.15) is 131 Å². The van der Waals surface area contributed by atoms with Gasteiger partial charge in [0.2, 0.25) is 0 Å². The van der Waals surface area contributed by atoms with E-state index in [9.17, 15) is 4.39 Å². The molecule has 0 aliphatic heterocycles. The Labute approximate surface area is 255 Å². The number of aliphatic imine (C=N–C) groups is 1. The average molecular weight is 570 g/mol. The maximum atomic E-state index is 13.9. The monoisotopic (exact) mass is 569 g/mol. The molecule has 3 heteroatoms. The Morgan fingerprint density at radius 1 is 0.976 bits per heavy atom. The van der Waals surface area contributed by atoms with E-state index in [-0.39, 0.29) is 0 Å². The lowest BCUT2D eigenvalue weighted by atomic mass is 9.89. The zero-order chi connectivity index (χ0) is 32.8. The van der Waals surface area contributed by atoms with Crippen LogP contribution in [0.2, 0.25) is 0 Å². The molecule has 0 saturated carbocycles. The fraction of sp³-hybridized carbons (Fsp3) is 0.553. The Bertz CT molecular complexity index is 1010. The molecule has 0 spiro atoms. The van der Waals surface area contributed by atoms with Crippen LogP contribution in [0, 0.1) is 13.8 Å². The Morgan fingerprint density at radius 2 is 1.49 bits per heavy atom. The minimum absolute atomic E-state index is 0.319. The van der Waals surface area contributed by atoms with E-state index in [0.29, 0.717) is 6.61 Å². The van der Waals surface area contributed by atoms with Crippen molar-refractivity contribution in [1.29, 1.82) is 0 Å². The molecule has 0 bridgehead atoms. The van der Waals surface area contributed by atoms with Gasteiger partial charge in [-0.1, -0.05) is 82.2 Å². The molecule has 0 fully saturated rings. The number of nitrogens with zero attached hydrogens (tertiary/aromatic N) is 1. The van der Waals surface area contributed by atoms with Crippen molar-refractivity contribution in [3.63, 3.8) is 0 Å². The Hall–Kier alpha value is -2.52. The van der Waals surface area contributed by atoms with Crippen molar-refractivity contribution in [1.82, 2.24) is 0 Å². The second-order valence-electron chi connectivity index (χ2n) is 11.4. The van der Waals surface area contributed by atoms with Crippen LogP contribution in [0.3, 0.4) is 0 Å². The first kappa shape index (κ1) is 42.9. The third-order valence-electron chi connectivity index (χ3n) is 6.07. The van der Waals surface area contributed by atoms with Crippen LogP contribution in [-0.2, 0) is 12.1 Å². The number of aliphatic hydroxyl groups is 1. The van der Waals surface area contributed by atoms with Gasteiger partial charge in [-0.3, -0.25) is 4.99 Å². The van der Waals surface area contributed by atoms with Crippen molar-refractivity contribution >= 4 is 5.71 Å². The predicted molar refractivity (Wildman–Crippen MR) is 186 cm³/mol. The topological polar surface area (TPSA) is 32.6 Å². The van der Waals surface area contributed by atoms with Crippen molar-refractivity contribution in [3.8, 4) is 0 Å². The number of aliphatic hydroxyl groups excluding tert-OH is 1. The van der Waals surface area contributed by atoms with Gasteiger partial charge >= 0.3 is 0 Å². The normalized spacial score (nSPS) is 11.3. The van der Waals surface area contributed by atoms with Gasteiger partial charge in [-0.25, -0.2) is 4.39 Å². The molecular formula is C38H64FNO. The quantitative estimate of drug-likeness (QED) is 0.160. The van der Waals surface area contributed by atoms with E-state index < -0.39 is 5.67 Å². The molecule has 1 aromatic carbocycles. The summed E-state index contributed by atoms with van der Waals surface area (Å²) >= 11 is 0. The van der Waals surface area contributed by atoms with E-state index in [2.05, 4.69) is 78.4 Å². The second kappa shape index (κ2) is 24.1. The summed E-state index contributed by atoms with van der Waals surface area (Å²) in [7, 11) is 0. The second-order valence-corrected chi connectivity index (χ2v) is 11.4. The fourth-order valence-corrected chi connectivity index (χ4v) is 3.53. The first-order valence-corrected chi connectivity index (χ1v) is 15.2. The summed E-state index contributed by atoms with van der Waals surface area (Å²) in [6.45, 7) is 37.8. The van der Waals surface area contributed by atoms with E-state index in [4.69, 9.17) is 5.11 Å². The zero-order valence-electron chi connectivity index (χ0n) is 29.2. The van der Waals surface area contributed by atoms with Crippen LogP contribution in [0.5, 0.6) is 0 Å². The predicted octanol–water partition coefficient (Wildman–Crippen LogP) is 12.1. The average Bonchev–Trinajstić information content (AvgIpc) is 2.90. The number of allylic oxidation sites excluding steroid dienone is 6. The van der Waals surface area contributed by atoms with Crippen molar-refractivity contribution in [2.45, 2.75) is 134 Å². The molecule has 41 heavy (non-hydrogen) atoms. The Morgan fingerprint density at radius 3 is 1.80 bits per heavy atom. The minimum Gasteiger partial charge on any atom is -0.396 e. The zero-order valence-corrected chi connectivity index (χ0v) is 29.2. The van der Waals surface area contributed by atoms with Gasteiger partial charge < -0.3 is 5.11 Å². The lowest BCUT2D eigenvalue weighted by molar-refractivity contribution is 0.220. The molecule has 0 aliphatic carbocycles. The number of benzene rings is 1. The highest BCUT2D eigenvalue weighted by atomic mass is 19.1. The molecule has 1 aromatic rings. The van der Waals surface area contributed by atoms with Gasteiger partial charge in [0.25, 0.3) is 0 Å². The maximum absolute atomic E-state index is 13.9. The van der Waals surface area contributed by atoms with Crippen molar-refractivity contribution < 1.29 is 9.50 Å². The highest BCUT2D eigenvalue weighted by molar-refractivity contribution is 5.83. The molecule has 0 amide bonds. The highest BCUT2D eigenvalue weighted by Gasteiger charge is 2.22. The van der Waals surface area contributed by atoms with Crippen LogP contribution in [0.25, 0.3) is 0 Å². The number of alkyl halides is 1. The summed E-state index contributed by atoms with van der Waals surface area (Å²) in [5.74, 6) is 0. The third-order valence-corrected chi connectivity index (χ3v) is 6.07. The van der Waals surface area contributed by atoms with E-state index in [1.807, 2.05) is 46.8 Å². The lowest BCUT2D eigenvalue weighted by Crippen LogP contribution is -2.12. The van der Waals surface area contributed by atoms with Crippen molar-refractivity contribution in [2.24, 2.45) is 4.99 Å². The molecule has 234 valence electrons. The highest BCUT2D eigenvalue weighted by Crippen LogP contribution is 2.30. The summed E-state index contributed by atoms with van der Waals surface area (Å²) in [5, 5.41) is 7.88. The van der Waals surface area contributed by atoms with Crippen LogP contribution < -0.4 is 0 Å². The molecule has 0 aromatic heterocycles. The SMILES string of the molecule is C=C(C)CC.C=C/C(N=C(C)CCCC)=C(\C=C(C)C)C(=C)C.CCCO.CCc1cc(C)cc(C(C)(C)F)c1C. The largest absolute Gasteiger partial charge is 0.396 e. The fourth-order valence-electron chi connectivity index (χ4n) is 3.53. The number of hydrogen-bond donors (Lipinski definition) is 1. The molecule has 0 atom stereocenters. The summed E-state index contributed by atoms with van der Waals surface area (Å²) in [6, 6.07) is 4.10. The summed E-state index contributed by atoms with van der Waals surface area (Å²) in [6.07, 6.45) is 10.3. The Kier molecular flexibility index (Phi) is 25.3. The molecule has 0 saturated heterocycles. The van der Waals surface area contributed by atoms with Gasteiger partial charge in [0.1, 0.15) is 5.67 Å². The number of hydrogen-bond acceptors (Lipinski definition) is 2. The van der Waals surface area contributed by atoms with Crippen molar-refractivity contribution in [3.05, 3.63) is 94.3 Å². The van der Waals surface area contributed by atoms with E-state index in [1.54, 1.807) is 13.8 Å². The maximum Gasteiger partial charge on any atom is 0.130 e. The van der Waals surface area contributed by atoms with Gasteiger partial charge in [-0.15, -0.1) is 6.58 Å². The van der Waals surface area contributed by atoms with Crippen LogP contribution in [0.15, 0.2) is 77.0 Å². The molecule has 0 radical (unpaired) electrons. The number of rotatable bonds is 11. The third kappa shape index (κ3) is 21.8. The van der Waals surface area contributed by atoms with E-state index >= 15 is 0 Å². The first-order valence-electron chi connectivity index (χ1n) is 15.2. The van der Waals surface area contributed by atoms with Gasteiger partial charge in [0, 0.05) is 17.9 Å². The number of unbranched alkanes of at least 4 members (excludes halogenated alkanes) is 1. The van der Waals surface area contributed by atoms with Crippen LogP contribution in [-0.4, -0.2) is 17.4 Å². The summed E-state index contributed by atoms with van der Waals surface area (Å²) in [4.78, 5) is 4.68. The van der Waals surface area contributed by atoms with Crippen molar-refractivity contribution in [2.75, 3.05) is 6.61 Å². The van der Waals surface area contributed by atoms with Gasteiger partial charge in [-0.05, 0) is 123 Å². The molecule has 1 N–H and O–H groups in total. The number of halogens is 1. The summed E-state index contributed by atoms with van der Waals surface area (Å²) < 4.78 is 13.9. The van der Waals surface area contributed by atoms with E-state index in [0.717, 1.165) is 64.9 Å². The van der Waals surface area contributed by atoms with Crippen LogP contribution in [0.4, 0.5) is 4.39 Å². The molecular weight excluding hydrogens is 505 g/mol. The van der Waals surface area contributed by atoms with E-state index in [1.165, 1.54) is 29.6 Å². The molecule has 0 aliphatic rings. The minimum atomic E-state index is -1.24. The molecule has 2 nitrogen and oxygen atoms in total. The Balaban J connectivity index is -0.000000551. The molecule has 0 unspecified atom stereocenters. The van der Waals surface area contributed by atoms with Gasteiger partial charge in [0.15, 0.2) is 0 Å². The smallest absolute Gasteiger partial charge is 0.130 e. The van der Waals surface area contributed by atoms with Gasteiger partial charge in [-0.2, -0.15) is 0 Å². The lowest BCUT2D eigenvalue weighted by Gasteiger charge is -2.20. The first-order chi connectivity index (χ1) is 19.0. The molecule has 1 rings (SSSR count).